The van der Waals surface area contributed by atoms with Crippen molar-refractivity contribution in [3.63, 3.8) is 0 Å². The maximum absolute atomic E-state index is 12.2. The number of carbonyl (C=O) groups excluding carboxylic acids is 1. The first kappa shape index (κ1) is 14.2. The van der Waals surface area contributed by atoms with Crippen molar-refractivity contribution in [3.8, 4) is 11.3 Å². The Morgan fingerprint density at radius 1 is 1.12 bits per heavy atom. The van der Waals surface area contributed by atoms with Gasteiger partial charge in [-0.05, 0) is 42.2 Å². The number of fused-ring (bicyclic) bond motifs is 7. The highest BCUT2D eigenvalue weighted by Crippen LogP contribution is 2.38. The molecule has 3 heterocycles. The number of nitrogens with zero attached hydrogens (tertiary/aromatic N) is 2. The number of para-hydroxylation sites is 1. The maximum Gasteiger partial charge on any atom is 0.338 e. The molecule has 2 aliphatic heterocycles. The molecule has 0 atom stereocenters. The Bertz CT molecular complexity index is 1150. The summed E-state index contributed by atoms with van der Waals surface area (Å²) in [7, 11) is 1.43. The Labute approximate surface area is 144 Å². The van der Waals surface area contributed by atoms with Gasteiger partial charge in [-0.25, -0.2) is 9.78 Å². The van der Waals surface area contributed by atoms with Crippen LogP contribution in [0.4, 0.5) is 0 Å². The van der Waals surface area contributed by atoms with Crippen LogP contribution in [-0.4, -0.2) is 22.5 Å². The van der Waals surface area contributed by atoms with E-state index in [0.717, 1.165) is 46.1 Å². The molecule has 1 aliphatic carbocycles. The zero-order valence-electron chi connectivity index (χ0n) is 13.8. The standard InChI is InChI=1S/C21H16N2O2/c1-25-21(24)17-7-4-6-16-13(17)9-11-23-12-10-15-14-5-2-3-8-18(14)22-19(15)20(16)23/h2-3,5,7-12H,4,6H2,1H3. The number of aryl methyl sites for hydroxylation is 1. The van der Waals surface area contributed by atoms with Crippen molar-refractivity contribution in [2.24, 2.45) is 0 Å². The average molecular weight is 328 g/mol. The second-order valence-electron chi connectivity index (χ2n) is 6.32. The van der Waals surface area contributed by atoms with Crippen LogP contribution in [0.1, 0.15) is 17.5 Å². The summed E-state index contributed by atoms with van der Waals surface area (Å²) in [6.45, 7) is 0. The van der Waals surface area contributed by atoms with E-state index in [-0.39, 0.29) is 5.97 Å². The van der Waals surface area contributed by atoms with Gasteiger partial charge in [0.2, 0.25) is 0 Å². The molecule has 0 saturated heterocycles. The van der Waals surface area contributed by atoms with E-state index in [1.54, 1.807) is 0 Å². The van der Waals surface area contributed by atoms with Crippen molar-refractivity contribution in [1.82, 2.24) is 9.38 Å². The number of methoxy groups -OCH3 is 1. The van der Waals surface area contributed by atoms with Gasteiger partial charge in [0, 0.05) is 23.3 Å². The van der Waals surface area contributed by atoms with E-state index in [0.29, 0.717) is 5.57 Å². The fourth-order valence-electron chi connectivity index (χ4n) is 3.89. The van der Waals surface area contributed by atoms with E-state index in [1.165, 1.54) is 12.7 Å². The molecule has 0 bridgehead atoms. The predicted molar refractivity (Wildman–Crippen MR) is 97.6 cm³/mol. The maximum atomic E-state index is 12.2. The Morgan fingerprint density at radius 2 is 1.92 bits per heavy atom. The Morgan fingerprint density at radius 3 is 2.76 bits per heavy atom. The van der Waals surface area contributed by atoms with Crippen molar-refractivity contribution >= 4 is 28.0 Å². The molecule has 0 amide bonds. The second kappa shape index (κ2) is 5.18. The minimum absolute atomic E-state index is 0.280. The van der Waals surface area contributed by atoms with Crippen molar-refractivity contribution < 1.29 is 9.53 Å². The van der Waals surface area contributed by atoms with Gasteiger partial charge >= 0.3 is 5.97 Å². The first-order valence-corrected chi connectivity index (χ1v) is 8.38. The fraction of sp³-hybridized carbons (Fsp3) is 0.143. The van der Waals surface area contributed by atoms with Gasteiger partial charge < -0.3 is 9.14 Å². The minimum Gasteiger partial charge on any atom is -0.465 e. The van der Waals surface area contributed by atoms with Crippen molar-refractivity contribution in [3.05, 3.63) is 66.0 Å². The van der Waals surface area contributed by atoms with E-state index in [9.17, 15) is 4.79 Å². The molecule has 4 heteroatoms. The van der Waals surface area contributed by atoms with Crippen molar-refractivity contribution in [2.45, 2.75) is 12.8 Å². The molecule has 0 N–H and O–H groups in total. The first-order chi connectivity index (χ1) is 12.3. The molecule has 0 spiro atoms. The van der Waals surface area contributed by atoms with Gasteiger partial charge in [-0.3, -0.25) is 0 Å². The van der Waals surface area contributed by atoms with Crippen LogP contribution in [0.3, 0.4) is 0 Å². The summed E-state index contributed by atoms with van der Waals surface area (Å²) in [6, 6.07) is 12.3. The van der Waals surface area contributed by atoms with Crippen LogP contribution in [0.25, 0.3) is 33.3 Å². The van der Waals surface area contributed by atoms with Gasteiger partial charge in [0.25, 0.3) is 0 Å². The third-order valence-electron chi connectivity index (χ3n) is 5.02. The SMILES string of the molecule is COC(=O)C1=CCCc2c1ccn1ccc3c4ccccc4nc-3c21. The Kier molecular flexibility index (Phi) is 2.95. The number of ether oxygens (including phenoxy) is 1. The van der Waals surface area contributed by atoms with Crippen LogP contribution in [0.2, 0.25) is 0 Å². The molecular formula is C21H16N2O2. The summed E-state index contributed by atoms with van der Waals surface area (Å²) in [5.41, 5.74) is 7.00. The lowest BCUT2D eigenvalue weighted by Gasteiger charge is -2.20. The molecule has 1 aromatic carbocycles. The molecule has 2 aromatic rings. The summed E-state index contributed by atoms with van der Waals surface area (Å²) in [5, 5.41) is 1.16. The Hall–Kier alpha value is -3.14. The number of pyridine rings is 2. The molecule has 0 saturated carbocycles. The van der Waals surface area contributed by atoms with Gasteiger partial charge in [0.15, 0.2) is 0 Å². The number of hydrogen-bond acceptors (Lipinski definition) is 3. The molecule has 3 aliphatic rings. The van der Waals surface area contributed by atoms with E-state index >= 15 is 0 Å². The van der Waals surface area contributed by atoms with Crippen molar-refractivity contribution in [2.75, 3.05) is 7.11 Å². The average Bonchev–Trinajstić information content (AvgIpc) is 3.05. The summed E-state index contributed by atoms with van der Waals surface area (Å²) in [5.74, 6) is -0.280. The number of hydrogen-bond donors (Lipinski definition) is 0. The molecule has 5 rings (SSSR count). The van der Waals surface area contributed by atoms with Crippen LogP contribution in [0.15, 0.2) is 54.9 Å². The quantitative estimate of drug-likeness (QED) is 0.494. The van der Waals surface area contributed by atoms with Crippen LogP contribution >= 0.6 is 0 Å². The molecule has 25 heavy (non-hydrogen) atoms. The largest absolute Gasteiger partial charge is 0.465 e. The lowest BCUT2D eigenvalue weighted by molar-refractivity contribution is -0.133. The highest BCUT2D eigenvalue weighted by Gasteiger charge is 2.24. The first-order valence-electron chi connectivity index (χ1n) is 8.38. The predicted octanol–water partition coefficient (Wildman–Crippen LogP) is 4.09. The van der Waals surface area contributed by atoms with Crippen LogP contribution in [0.5, 0.6) is 0 Å². The zero-order valence-corrected chi connectivity index (χ0v) is 13.8. The normalized spacial score (nSPS) is 13.9. The molecular weight excluding hydrogens is 312 g/mol. The highest BCUT2D eigenvalue weighted by molar-refractivity contribution is 6.18. The van der Waals surface area contributed by atoms with Crippen molar-refractivity contribution in [1.29, 1.82) is 0 Å². The molecule has 1 aromatic heterocycles. The number of aromatic nitrogens is 2. The Balaban J connectivity index is 1.88. The number of benzene rings is 1. The smallest absolute Gasteiger partial charge is 0.338 e. The van der Waals surface area contributed by atoms with E-state index < -0.39 is 0 Å². The van der Waals surface area contributed by atoms with Gasteiger partial charge in [0.05, 0.1) is 29.4 Å². The fourth-order valence-corrected chi connectivity index (χ4v) is 3.89. The third-order valence-corrected chi connectivity index (χ3v) is 5.02. The molecule has 0 radical (unpaired) electrons. The lowest BCUT2D eigenvalue weighted by Crippen LogP contribution is -2.12. The second-order valence-corrected chi connectivity index (χ2v) is 6.32. The third kappa shape index (κ3) is 1.94. The van der Waals surface area contributed by atoms with E-state index in [4.69, 9.17) is 9.72 Å². The minimum atomic E-state index is -0.280. The molecule has 0 unspecified atom stereocenters. The number of rotatable bonds is 1. The topological polar surface area (TPSA) is 43.6 Å². The van der Waals surface area contributed by atoms with Gasteiger partial charge in [-0.15, -0.1) is 0 Å². The summed E-state index contributed by atoms with van der Waals surface area (Å²) in [6.07, 6.45) is 7.76. The van der Waals surface area contributed by atoms with Gasteiger partial charge in [0.1, 0.15) is 0 Å². The van der Waals surface area contributed by atoms with Crippen LogP contribution in [-0.2, 0) is 16.0 Å². The van der Waals surface area contributed by atoms with E-state index in [1.807, 2.05) is 36.5 Å². The molecule has 4 nitrogen and oxygen atoms in total. The molecule has 0 fully saturated rings. The highest BCUT2D eigenvalue weighted by atomic mass is 16.5. The van der Waals surface area contributed by atoms with Crippen LogP contribution in [0, 0.1) is 0 Å². The number of allylic oxidation sites excluding steroid dienone is 1. The number of esters is 1. The van der Waals surface area contributed by atoms with E-state index in [2.05, 4.69) is 22.7 Å². The summed E-state index contributed by atoms with van der Waals surface area (Å²) >= 11 is 0. The van der Waals surface area contributed by atoms with Crippen LogP contribution < -0.4 is 0 Å². The van der Waals surface area contributed by atoms with Gasteiger partial charge in [-0.1, -0.05) is 24.3 Å². The number of carbonyl (C=O) groups is 1. The summed E-state index contributed by atoms with van der Waals surface area (Å²) < 4.78 is 7.07. The monoisotopic (exact) mass is 328 g/mol. The molecule has 122 valence electrons. The zero-order chi connectivity index (χ0) is 17.0. The van der Waals surface area contributed by atoms with Gasteiger partial charge in [-0.2, -0.15) is 0 Å². The lowest BCUT2D eigenvalue weighted by atomic mass is 9.89. The summed E-state index contributed by atoms with van der Waals surface area (Å²) in [4.78, 5) is 17.0.